The Labute approximate surface area is 122 Å². The first-order chi connectivity index (χ1) is 9.70. The van der Waals surface area contributed by atoms with Gasteiger partial charge in [-0.1, -0.05) is 17.9 Å². The van der Waals surface area contributed by atoms with Gasteiger partial charge in [0.1, 0.15) is 0 Å². The van der Waals surface area contributed by atoms with E-state index in [0.717, 1.165) is 11.3 Å². The summed E-state index contributed by atoms with van der Waals surface area (Å²) in [5, 5.41) is 1.94. The average molecular weight is 285 g/mol. The molecule has 0 aliphatic carbocycles. The number of amides is 1. The summed E-state index contributed by atoms with van der Waals surface area (Å²) in [5.74, 6) is 5.66. The summed E-state index contributed by atoms with van der Waals surface area (Å²) in [4.78, 5) is 18.1. The van der Waals surface area contributed by atoms with E-state index < -0.39 is 0 Å². The molecule has 0 saturated carbocycles. The molecule has 0 atom stereocenters. The molecule has 102 valence electrons. The Hall–Kier alpha value is -2.16. The molecule has 0 saturated heterocycles. The zero-order chi connectivity index (χ0) is 14.4. The number of hydrogen-bond donors (Lipinski definition) is 1. The SMILES string of the molecule is CN(Cc1cscn1)C(=O)c1cccc(C#CCN)c1. The summed E-state index contributed by atoms with van der Waals surface area (Å²) in [6.07, 6.45) is 0. The van der Waals surface area contributed by atoms with Crippen molar-refractivity contribution in [2.45, 2.75) is 6.54 Å². The van der Waals surface area contributed by atoms with Crippen LogP contribution in [0.5, 0.6) is 0 Å². The summed E-state index contributed by atoms with van der Waals surface area (Å²) < 4.78 is 0. The minimum atomic E-state index is -0.0469. The van der Waals surface area contributed by atoms with Crippen molar-refractivity contribution >= 4 is 17.2 Å². The average Bonchev–Trinajstić information content (AvgIpc) is 2.97. The van der Waals surface area contributed by atoms with Crippen LogP contribution in [-0.4, -0.2) is 29.4 Å². The Morgan fingerprint density at radius 3 is 3.05 bits per heavy atom. The maximum absolute atomic E-state index is 12.3. The third kappa shape index (κ3) is 3.67. The third-order valence-corrected chi connectivity index (χ3v) is 3.31. The molecule has 2 N–H and O–H groups in total. The Bertz CT molecular complexity index is 641. The van der Waals surface area contributed by atoms with E-state index in [1.807, 2.05) is 17.5 Å². The number of benzene rings is 1. The Balaban J connectivity index is 2.12. The smallest absolute Gasteiger partial charge is 0.253 e. The summed E-state index contributed by atoms with van der Waals surface area (Å²) in [6, 6.07) is 7.25. The zero-order valence-electron chi connectivity index (χ0n) is 11.2. The van der Waals surface area contributed by atoms with Crippen molar-refractivity contribution in [3.63, 3.8) is 0 Å². The largest absolute Gasteiger partial charge is 0.336 e. The van der Waals surface area contributed by atoms with E-state index >= 15 is 0 Å². The van der Waals surface area contributed by atoms with Gasteiger partial charge >= 0.3 is 0 Å². The standard InChI is InChI=1S/C15H15N3OS/c1-18(9-14-10-20-11-17-14)15(19)13-6-2-4-12(8-13)5-3-7-16/h2,4,6,8,10-11H,7,9,16H2,1H3. The number of carbonyl (C=O) groups excluding carboxylic acids is 1. The molecule has 0 fully saturated rings. The topological polar surface area (TPSA) is 59.2 Å². The van der Waals surface area contributed by atoms with E-state index in [4.69, 9.17) is 5.73 Å². The van der Waals surface area contributed by atoms with Gasteiger partial charge in [0.05, 0.1) is 24.3 Å². The van der Waals surface area contributed by atoms with Gasteiger partial charge in [0.25, 0.3) is 5.91 Å². The molecule has 2 rings (SSSR count). The lowest BCUT2D eigenvalue weighted by Gasteiger charge is -2.16. The first kappa shape index (κ1) is 14.3. The molecule has 1 heterocycles. The number of nitrogens with two attached hydrogens (primary N) is 1. The number of aromatic nitrogens is 1. The molecular weight excluding hydrogens is 270 g/mol. The van der Waals surface area contributed by atoms with Gasteiger partial charge in [-0.25, -0.2) is 4.98 Å². The second-order valence-electron chi connectivity index (χ2n) is 4.23. The number of carbonyl (C=O) groups is 1. The van der Waals surface area contributed by atoms with Crippen molar-refractivity contribution in [2.75, 3.05) is 13.6 Å². The highest BCUT2D eigenvalue weighted by molar-refractivity contribution is 7.07. The van der Waals surface area contributed by atoms with Crippen LogP contribution < -0.4 is 5.73 Å². The van der Waals surface area contributed by atoms with Crippen LogP contribution >= 0.6 is 11.3 Å². The van der Waals surface area contributed by atoms with Crippen molar-refractivity contribution < 1.29 is 4.79 Å². The second kappa shape index (κ2) is 6.85. The van der Waals surface area contributed by atoms with Crippen LogP contribution in [0.15, 0.2) is 35.2 Å². The lowest BCUT2D eigenvalue weighted by molar-refractivity contribution is 0.0783. The summed E-state index contributed by atoms with van der Waals surface area (Å²) in [5.41, 5.74) is 9.41. The van der Waals surface area contributed by atoms with Gasteiger partial charge < -0.3 is 10.6 Å². The molecule has 2 aromatic rings. The van der Waals surface area contributed by atoms with Gasteiger partial charge in [0.15, 0.2) is 0 Å². The van der Waals surface area contributed by atoms with Crippen LogP contribution in [0, 0.1) is 11.8 Å². The van der Waals surface area contributed by atoms with Crippen molar-refractivity contribution in [2.24, 2.45) is 5.73 Å². The highest BCUT2D eigenvalue weighted by atomic mass is 32.1. The number of nitrogens with zero attached hydrogens (tertiary/aromatic N) is 2. The molecule has 0 radical (unpaired) electrons. The molecule has 5 heteroatoms. The lowest BCUT2D eigenvalue weighted by atomic mass is 10.1. The predicted octanol–water partition coefficient (Wildman–Crippen LogP) is 1.73. The van der Waals surface area contributed by atoms with Gasteiger partial charge in [-0.2, -0.15) is 0 Å². The van der Waals surface area contributed by atoms with Crippen molar-refractivity contribution in [3.8, 4) is 11.8 Å². The van der Waals surface area contributed by atoms with Crippen molar-refractivity contribution in [3.05, 3.63) is 52.0 Å². The molecule has 0 aliphatic heterocycles. The number of rotatable bonds is 3. The molecule has 0 unspecified atom stereocenters. The minimum absolute atomic E-state index is 0.0469. The Morgan fingerprint density at radius 2 is 2.35 bits per heavy atom. The van der Waals surface area contributed by atoms with Crippen LogP contribution in [0.4, 0.5) is 0 Å². The maximum Gasteiger partial charge on any atom is 0.253 e. The Morgan fingerprint density at radius 1 is 1.50 bits per heavy atom. The fourth-order valence-electron chi connectivity index (χ4n) is 1.73. The number of hydrogen-bond acceptors (Lipinski definition) is 4. The molecule has 20 heavy (non-hydrogen) atoms. The van der Waals surface area contributed by atoms with Crippen molar-refractivity contribution in [1.29, 1.82) is 0 Å². The first-order valence-electron chi connectivity index (χ1n) is 6.12. The first-order valence-corrected chi connectivity index (χ1v) is 7.06. The fraction of sp³-hybridized carbons (Fsp3) is 0.200. The van der Waals surface area contributed by atoms with Gasteiger partial charge in [0, 0.05) is 23.6 Å². The second-order valence-corrected chi connectivity index (χ2v) is 4.95. The zero-order valence-corrected chi connectivity index (χ0v) is 12.0. The van der Waals surface area contributed by atoms with Gasteiger partial charge in [0.2, 0.25) is 0 Å². The minimum Gasteiger partial charge on any atom is -0.336 e. The van der Waals surface area contributed by atoms with Crippen LogP contribution in [0.1, 0.15) is 21.6 Å². The number of thiazole rings is 1. The van der Waals surface area contributed by atoms with Gasteiger partial charge in [-0.15, -0.1) is 11.3 Å². The van der Waals surface area contributed by atoms with Crippen LogP contribution in [-0.2, 0) is 6.54 Å². The molecule has 4 nitrogen and oxygen atoms in total. The van der Waals surface area contributed by atoms with Crippen LogP contribution in [0.25, 0.3) is 0 Å². The van der Waals surface area contributed by atoms with E-state index in [9.17, 15) is 4.79 Å². The quantitative estimate of drug-likeness (QED) is 0.874. The molecule has 1 aromatic carbocycles. The molecule has 1 amide bonds. The van der Waals surface area contributed by atoms with E-state index in [1.54, 1.807) is 29.6 Å². The molecule has 0 bridgehead atoms. The highest BCUT2D eigenvalue weighted by Crippen LogP contribution is 2.10. The maximum atomic E-state index is 12.3. The van der Waals surface area contributed by atoms with E-state index in [2.05, 4.69) is 16.8 Å². The monoisotopic (exact) mass is 285 g/mol. The van der Waals surface area contributed by atoms with Crippen LogP contribution in [0.2, 0.25) is 0 Å². The van der Waals surface area contributed by atoms with Crippen LogP contribution in [0.3, 0.4) is 0 Å². The summed E-state index contributed by atoms with van der Waals surface area (Å²) in [6.45, 7) is 0.808. The summed E-state index contributed by atoms with van der Waals surface area (Å²) in [7, 11) is 1.76. The molecule has 0 spiro atoms. The molecule has 1 aromatic heterocycles. The van der Waals surface area contributed by atoms with Gasteiger partial charge in [-0.05, 0) is 18.2 Å². The normalized spacial score (nSPS) is 9.70. The molecular formula is C15H15N3OS. The Kier molecular flexibility index (Phi) is 4.88. The lowest BCUT2D eigenvalue weighted by Crippen LogP contribution is -2.26. The fourth-order valence-corrected chi connectivity index (χ4v) is 2.28. The van der Waals surface area contributed by atoms with Gasteiger partial charge in [-0.3, -0.25) is 4.79 Å². The third-order valence-electron chi connectivity index (χ3n) is 2.67. The van der Waals surface area contributed by atoms with E-state index in [-0.39, 0.29) is 5.91 Å². The molecule has 0 aliphatic rings. The highest BCUT2D eigenvalue weighted by Gasteiger charge is 2.12. The predicted molar refractivity (Wildman–Crippen MR) is 80.3 cm³/mol. The van der Waals surface area contributed by atoms with Crippen molar-refractivity contribution in [1.82, 2.24) is 9.88 Å². The van der Waals surface area contributed by atoms with E-state index in [1.165, 1.54) is 11.3 Å². The van der Waals surface area contributed by atoms with E-state index in [0.29, 0.717) is 18.7 Å². The summed E-state index contributed by atoms with van der Waals surface area (Å²) >= 11 is 1.52.